The first-order chi connectivity index (χ1) is 22.2. The molecule has 0 fully saturated rings. The predicted octanol–water partition coefficient (Wildman–Crippen LogP) is 9.33. The molecule has 0 saturated carbocycles. The third kappa shape index (κ3) is 4.73. The summed E-state index contributed by atoms with van der Waals surface area (Å²) in [7, 11) is 0. The van der Waals surface area contributed by atoms with E-state index >= 15 is 0 Å². The number of imidazole rings is 1. The van der Waals surface area contributed by atoms with Crippen LogP contribution < -0.4 is 9.30 Å². The normalized spacial score (nSPS) is 13.7. The van der Waals surface area contributed by atoms with Crippen LogP contribution in [0.5, 0.6) is 11.5 Å². The van der Waals surface area contributed by atoms with Gasteiger partial charge in [-0.15, -0.1) is 0 Å². The molecule has 0 amide bonds. The lowest BCUT2D eigenvalue weighted by Crippen LogP contribution is -2.25. The van der Waals surface area contributed by atoms with Crippen molar-refractivity contribution in [3.63, 3.8) is 0 Å². The molecule has 5 heteroatoms. The molecule has 0 radical (unpaired) electrons. The molecule has 44 heavy (non-hydrogen) atoms. The maximum Gasteiger partial charge on any atom is 0.249 e. The van der Waals surface area contributed by atoms with Crippen LogP contribution in [-0.4, -0.2) is 14.1 Å². The summed E-state index contributed by atoms with van der Waals surface area (Å²) in [6, 6.07) is 32.3. The second kappa shape index (κ2) is 10.1. The van der Waals surface area contributed by atoms with Gasteiger partial charge >= 0.3 is 0 Å². The molecule has 3 aromatic heterocycles. The average Bonchev–Trinajstić information content (AvgIpc) is 3.57. The van der Waals surface area contributed by atoms with Crippen molar-refractivity contribution in [3.8, 4) is 23.0 Å². The van der Waals surface area contributed by atoms with Crippen LogP contribution in [0, 0.1) is 0 Å². The highest BCUT2D eigenvalue weighted by Gasteiger charge is 2.24. The number of rotatable bonds is 4. The zero-order chi connectivity index (χ0) is 33.3. The molecular formula is C39H39N4O+. The van der Waals surface area contributed by atoms with Gasteiger partial charge in [-0.2, -0.15) is 4.57 Å². The Morgan fingerprint density at radius 2 is 1.52 bits per heavy atom. The Hall–Kier alpha value is -4.90. The SMILES string of the molecule is [2H]C([2H])([2H])[n+]1cn(-c2cccc(Oc3ccc4c5cccc(C(C)(C)C)c5n(-c5cc(C(C)(C)C)ccn5)c4c3)c2)c2ccccc21. The first-order valence-corrected chi connectivity index (χ1v) is 15.1. The molecule has 0 spiro atoms. The number of pyridine rings is 1. The Balaban J connectivity index is 1.37. The van der Waals surface area contributed by atoms with Crippen LogP contribution in [0.2, 0.25) is 0 Å². The molecule has 0 atom stereocenters. The zero-order valence-electron chi connectivity index (χ0n) is 29.1. The minimum Gasteiger partial charge on any atom is -0.457 e. The second-order valence-electron chi connectivity index (χ2n) is 13.6. The number of aryl methyl sites for hydroxylation is 1. The minimum atomic E-state index is -2.30. The second-order valence-corrected chi connectivity index (χ2v) is 13.6. The maximum atomic E-state index is 8.05. The zero-order valence-corrected chi connectivity index (χ0v) is 26.1. The molecular weight excluding hydrogens is 540 g/mol. The lowest BCUT2D eigenvalue weighted by molar-refractivity contribution is -0.645. The standard InChI is InChI=1S/C39H39N4O/c1-38(2,3)26-20-21-40-36(22-26)43-35-24-29(18-19-30(35)31-14-11-15-32(37(31)43)39(4,5)6)44-28-13-10-12-27(23-28)42-25-41(7)33-16-8-9-17-34(33)42/h8-25H,1-7H3/q+1/i7D3. The van der Waals surface area contributed by atoms with Gasteiger partial charge in [0.2, 0.25) is 6.33 Å². The topological polar surface area (TPSA) is 35.9 Å². The van der Waals surface area contributed by atoms with Crippen molar-refractivity contribution in [2.75, 3.05) is 0 Å². The molecule has 7 aromatic rings. The van der Waals surface area contributed by atoms with Crippen LogP contribution >= 0.6 is 0 Å². The maximum absolute atomic E-state index is 8.05. The van der Waals surface area contributed by atoms with E-state index in [1.165, 1.54) is 21.1 Å². The van der Waals surface area contributed by atoms with Crippen molar-refractivity contribution in [3.05, 3.63) is 121 Å². The number of ether oxygens (including phenoxy) is 1. The lowest BCUT2D eigenvalue weighted by atomic mass is 9.85. The monoisotopic (exact) mass is 582 g/mol. The van der Waals surface area contributed by atoms with E-state index in [9.17, 15) is 0 Å². The molecule has 0 aliphatic rings. The van der Waals surface area contributed by atoms with Gasteiger partial charge in [-0.05, 0) is 70.5 Å². The Kier molecular flexibility index (Phi) is 5.62. The van der Waals surface area contributed by atoms with Crippen LogP contribution in [0.3, 0.4) is 0 Å². The van der Waals surface area contributed by atoms with E-state index in [-0.39, 0.29) is 10.8 Å². The van der Waals surface area contributed by atoms with Crippen LogP contribution in [0.25, 0.3) is 44.3 Å². The van der Waals surface area contributed by atoms with E-state index < -0.39 is 6.98 Å². The van der Waals surface area contributed by atoms with E-state index in [1.807, 2.05) is 65.4 Å². The van der Waals surface area contributed by atoms with Gasteiger partial charge in [0.25, 0.3) is 0 Å². The number of para-hydroxylation sites is 3. The number of hydrogen-bond donors (Lipinski definition) is 0. The molecule has 0 aliphatic heterocycles. The Morgan fingerprint density at radius 1 is 0.727 bits per heavy atom. The predicted molar refractivity (Wildman–Crippen MR) is 181 cm³/mol. The van der Waals surface area contributed by atoms with Crippen molar-refractivity contribution in [1.82, 2.24) is 14.1 Å². The summed E-state index contributed by atoms with van der Waals surface area (Å²) in [4.78, 5) is 4.90. The van der Waals surface area contributed by atoms with Crippen molar-refractivity contribution in [2.45, 2.75) is 52.4 Å². The molecule has 0 aliphatic carbocycles. The van der Waals surface area contributed by atoms with Gasteiger partial charge in [-0.25, -0.2) is 9.55 Å². The summed E-state index contributed by atoms with van der Waals surface area (Å²) in [5.41, 5.74) is 6.74. The average molecular weight is 583 g/mol. The summed E-state index contributed by atoms with van der Waals surface area (Å²) in [6.45, 7) is 11.1. The highest BCUT2D eigenvalue weighted by molar-refractivity contribution is 6.10. The van der Waals surface area contributed by atoms with Gasteiger partial charge in [-0.1, -0.05) is 77.9 Å². The quantitative estimate of drug-likeness (QED) is 0.194. The van der Waals surface area contributed by atoms with Crippen LogP contribution in [0.1, 0.15) is 56.8 Å². The van der Waals surface area contributed by atoms with Gasteiger partial charge in [0, 0.05) is 29.1 Å². The smallest absolute Gasteiger partial charge is 0.249 e. The fourth-order valence-corrected chi connectivity index (χ4v) is 6.11. The lowest BCUT2D eigenvalue weighted by Gasteiger charge is -2.23. The van der Waals surface area contributed by atoms with Crippen LogP contribution in [0.4, 0.5) is 0 Å². The summed E-state index contributed by atoms with van der Waals surface area (Å²) >= 11 is 0. The number of aromatic nitrogens is 4. The van der Waals surface area contributed by atoms with Crippen LogP contribution in [0.15, 0.2) is 110 Å². The van der Waals surface area contributed by atoms with E-state index in [2.05, 4.69) is 88.6 Å². The molecule has 4 aromatic carbocycles. The Bertz CT molecular complexity index is 2300. The number of benzene rings is 4. The van der Waals surface area contributed by atoms with Gasteiger partial charge in [0.15, 0.2) is 11.0 Å². The van der Waals surface area contributed by atoms with Crippen molar-refractivity contribution in [2.24, 2.45) is 6.98 Å². The molecule has 3 heterocycles. The fraction of sp³-hybridized carbons (Fsp3) is 0.231. The number of fused-ring (bicyclic) bond motifs is 4. The van der Waals surface area contributed by atoms with Crippen molar-refractivity contribution >= 4 is 32.8 Å². The van der Waals surface area contributed by atoms with Crippen LogP contribution in [-0.2, 0) is 17.8 Å². The van der Waals surface area contributed by atoms with Gasteiger partial charge in [0.1, 0.15) is 23.0 Å². The first kappa shape index (κ1) is 24.5. The number of nitrogens with zero attached hydrogens (tertiary/aromatic N) is 4. The largest absolute Gasteiger partial charge is 0.457 e. The molecule has 5 nitrogen and oxygen atoms in total. The van der Waals surface area contributed by atoms with E-state index in [4.69, 9.17) is 13.8 Å². The Labute approximate surface area is 263 Å². The van der Waals surface area contributed by atoms with Crippen molar-refractivity contribution in [1.29, 1.82) is 0 Å². The third-order valence-corrected chi connectivity index (χ3v) is 8.37. The summed E-state index contributed by atoms with van der Waals surface area (Å²) < 4.78 is 36.2. The van der Waals surface area contributed by atoms with Gasteiger partial charge in [0.05, 0.1) is 22.1 Å². The molecule has 0 bridgehead atoms. The van der Waals surface area contributed by atoms with Gasteiger partial charge in [-0.3, -0.25) is 4.57 Å². The fourth-order valence-electron chi connectivity index (χ4n) is 6.11. The number of hydrogen-bond acceptors (Lipinski definition) is 2. The molecule has 0 N–H and O–H groups in total. The van der Waals surface area contributed by atoms with E-state index in [0.717, 1.165) is 33.4 Å². The van der Waals surface area contributed by atoms with E-state index in [0.29, 0.717) is 17.0 Å². The summed E-state index contributed by atoms with van der Waals surface area (Å²) in [5, 5.41) is 2.30. The summed E-state index contributed by atoms with van der Waals surface area (Å²) in [6.07, 6.45) is 3.53. The third-order valence-electron chi connectivity index (χ3n) is 8.37. The molecule has 7 rings (SSSR count). The molecule has 0 saturated heterocycles. The van der Waals surface area contributed by atoms with Gasteiger partial charge < -0.3 is 4.74 Å². The highest BCUT2D eigenvalue weighted by Crippen LogP contribution is 2.40. The first-order valence-electron chi connectivity index (χ1n) is 16.6. The Morgan fingerprint density at radius 3 is 2.32 bits per heavy atom. The summed E-state index contributed by atoms with van der Waals surface area (Å²) in [5.74, 6) is 2.21. The highest BCUT2D eigenvalue weighted by atomic mass is 16.5. The van der Waals surface area contributed by atoms with Crippen molar-refractivity contribution < 1.29 is 13.4 Å². The minimum absolute atomic E-state index is 0.0313. The van der Waals surface area contributed by atoms with E-state index in [1.54, 1.807) is 6.33 Å². The molecule has 220 valence electrons. The molecule has 0 unspecified atom stereocenters.